The number of rotatable bonds is 5. The van der Waals surface area contributed by atoms with E-state index in [0.29, 0.717) is 6.61 Å². The zero-order valence-corrected chi connectivity index (χ0v) is 9.91. The lowest BCUT2D eigenvalue weighted by molar-refractivity contribution is 0.185. The molecule has 0 amide bonds. The van der Waals surface area contributed by atoms with Crippen LogP contribution in [0.2, 0.25) is 0 Å². The van der Waals surface area contributed by atoms with E-state index in [1.165, 1.54) is 16.8 Å². The molecule has 1 aromatic rings. The highest BCUT2D eigenvalue weighted by molar-refractivity contribution is 5.59. The van der Waals surface area contributed by atoms with Crippen molar-refractivity contribution in [3.63, 3.8) is 0 Å². The van der Waals surface area contributed by atoms with Crippen LogP contribution in [0.15, 0.2) is 18.2 Å². The van der Waals surface area contributed by atoms with E-state index in [9.17, 15) is 0 Å². The summed E-state index contributed by atoms with van der Waals surface area (Å²) < 4.78 is 5.17. The van der Waals surface area contributed by atoms with Gasteiger partial charge in [-0.15, -0.1) is 0 Å². The molecule has 0 unspecified atom stereocenters. The molecule has 0 bridgehead atoms. The van der Waals surface area contributed by atoms with Crippen LogP contribution in [0.1, 0.15) is 17.5 Å². The summed E-state index contributed by atoms with van der Waals surface area (Å²) in [5.41, 5.74) is 9.64. The van der Waals surface area contributed by atoms with Crippen molar-refractivity contribution in [2.45, 2.75) is 19.4 Å². The minimum atomic E-state index is 0.692. The molecule has 0 aliphatic carbocycles. The molecule has 0 aromatic heterocycles. The molecule has 0 fully saturated rings. The Bertz CT molecular complexity index is 352. The van der Waals surface area contributed by atoms with Gasteiger partial charge in [-0.05, 0) is 36.6 Å². The molecule has 0 spiro atoms. The predicted molar refractivity (Wildman–Crippen MR) is 66.7 cm³/mol. The van der Waals surface area contributed by atoms with E-state index in [1.807, 2.05) is 0 Å². The fourth-order valence-corrected chi connectivity index (χ4v) is 2.26. The Labute approximate surface area is 97.2 Å². The third kappa shape index (κ3) is 2.36. The number of fused-ring (bicyclic) bond motifs is 1. The first-order chi connectivity index (χ1) is 7.85. The average Bonchev–Trinajstić information content (AvgIpc) is 2.69. The SMILES string of the molecule is COCc1ccc2c(c1)N(CCCN)CC2. The van der Waals surface area contributed by atoms with Crippen molar-refractivity contribution in [2.75, 3.05) is 31.6 Å². The molecule has 1 aromatic carbocycles. The molecule has 2 rings (SSSR count). The van der Waals surface area contributed by atoms with Crippen LogP contribution >= 0.6 is 0 Å². The summed E-state index contributed by atoms with van der Waals surface area (Å²) in [6.07, 6.45) is 2.22. The Morgan fingerprint density at radius 2 is 2.31 bits per heavy atom. The molecule has 16 heavy (non-hydrogen) atoms. The monoisotopic (exact) mass is 220 g/mol. The van der Waals surface area contributed by atoms with E-state index in [4.69, 9.17) is 10.5 Å². The van der Waals surface area contributed by atoms with E-state index in [0.717, 1.165) is 32.5 Å². The highest BCUT2D eigenvalue weighted by atomic mass is 16.5. The van der Waals surface area contributed by atoms with E-state index < -0.39 is 0 Å². The Kier molecular flexibility index (Phi) is 3.80. The van der Waals surface area contributed by atoms with Gasteiger partial charge in [0.1, 0.15) is 0 Å². The van der Waals surface area contributed by atoms with Crippen LogP contribution in [-0.2, 0) is 17.8 Å². The lowest BCUT2D eigenvalue weighted by atomic mass is 10.1. The molecular weight excluding hydrogens is 200 g/mol. The molecule has 3 heteroatoms. The second-order valence-corrected chi connectivity index (χ2v) is 4.28. The average molecular weight is 220 g/mol. The molecule has 0 saturated heterocycles. The third-order valence-corrected chi connectivity index (χ3v) is 3.08. The standard InChI is InChI=1S/C13H20N2O/c1-16-10-11-3-4-12-5-8-15(7-2-6-14)13(12)9-11/h3-4,9H,2,5-8,10,14H2,1H3. The first-order valence-corrected chi connectivity index (χ1v) is 5.91. The Balaban J connectivity index is 2.13. The molecule has 0 radical (unpaired) electrons. The van der Waals surface area contributed by atoms with E-state index >= 15 is 0 Å². The second-order valence-electron chi connectivity index (χ2n) is 4.28. The van der Waals surface area contributed by atoms with Gasteiger partial charge in [0.15, 0.2) is 0 Å². The summed E-state index contributed by atoms with van der Waals surface area (Å²) in [4.78, 5) is 2.43. The van der Waals surface area contributed by atoms with Crippen LogP contribution < -0.4 is 10.6 Å². The van der Waals surface area contributed by atoms with Gasteiger partial charge in [-0.2, -0.15) is 0 Å². The molecule has 3 nitrogen and oxygen atoms in total. The molecule has 88 valence electrons. The van der Waals surface area contributed by atoms with Gasteiger partial charge in [-0.25, -0.2) is 0 Å². The quantitative estimate of drug-likeness (QED) is 0.818. The van der Waals surface area contributed by atoms with E-state index in [2.05, 4.69) is 23.1 Å². The van der Waals surface area contributed by atoms with Gasteiger partial charge in [-0.3, -0.25) is 0 Å². The molecule has 1 heterocycles. The van der Waals surface area contributed by atoms with Crippen LogP contribution in [0, 0.1) is 0 Å². The molecular formula is C13H20N2O. The summed E-state index contributed by atoms with van der Waals surface area (Å²) in [5, 5.41) is 0. The molecule has 0 saturated carbocycles. The summed E-state index contributed by atoms with van der Waals surface area (Å²) in [5.74, 6) is 0. The van der Waals surface area contributed by atoms with Crippen LogP contribution in [0.4, 0.5) is 5.69 Å². The number of methoxy groups -OCH3 is 1. The number of benzene rings is 1. The Morgan fingerprint density at radius 3 is 3.06 bits per heavy atom. The van der Waals surface area contributed by atoms with Gasteiger partial charge >= 0.3 is 0 Å². The van der Waals surface area contributed by atoms with E-state index in [1.54, 1.807) is 7.11 Å². The maximum atomic E-state index is 5.56. The second kappa shape index (κ2) is 5.32. The third-order valence-electron chi connectivity index (χ3n) is 3.08. The predicted octanol–water partition coefficient (Wildman–Crippen LogP) is 1.54. The maximum absolute atomic E-state index is 5.56. The zero-order valence-electron chi connectivity index (χ0n) is 9.91. The number of ether oxygens (including phenoxy) is 1. The van der Waals surface area contributed by atoms with Crippen LogP contribution in [0.3, 0.4) is 0 Å². The Morgan fingerprint density at radius 1 is 1.44 bits per heavy atom. The first-order valence-electron chi connectivity index (χ1n) is 5.91. The fourth-order valence-electron chi connectivity index (χ4n) is 2.26. The number of hydrogen-bond acceptors (Lipinski definition) is 3. The number of nitrogens with two attached hydrogens (primary N) is 1. The van der Waals surface area contributed by atoms with Crippen molar-refractivity contribution >= 4 is 5.69 Å². The highest BCUT2D eigenvalue weighted by Crippen LogP contribution is 2.29. The largest absolute Gasteiger partial charge is 0.380 e. The smallest absolute Gasteiger partial charge is 0.0713 e. The van der Waals surface area contributed by atoms with Crippen molar-refractivity contribution in [1.29, 1.82) is 0 Å². The first kappa shape index (κ1) is 11.4. The summed E-state index contributed by atoms with van der Waals surface area (Å²) in [6.45, 7) is 3.66. The molecule has 1 aliphatic rings. The Hall–Kier alpha value is -1.06. The molecule has 1 aliphatic heterocycles. The molecule has 2 N–H and O–H groups in total. The zero-order chi connectivity index (χ0) is 11.4. The minimum absolute atomic E-state index is 0.692. The van der Waals surface area contributed by atoms with Crippen molar-refractivity contribution in [2.24, 2.45) is 5.73 Å². The lowest BCUT2D eigenvalue weighted by Gasteiger charge is -2.19. The van der Waals surface area contributed by atoms with Crippen molar-refractivity contribution in [3.05, 3.63) is 29.3 Å². The van der Waals surface area contributed by atoms with Gasteiger partial charge in [0, 0.05) is 25.9 Å². The van der Waals surface area contributed by atoms with Crippen LogP contribution in [0.25, 0.3) is 0 Å². The summed E-state index contributed by atoms with van der Waals surface area (Å²) >= 11 is 0. The summed E-state index contributed by atoms with van der Waals surface area (Å²) in [6, 6.07) is 6.64. The van der Waals surface area contributed by atoms with E-state index in [-0.39, 0.29) is 0 Å². The topological polar surface area (TPSA) is 38.5 Å². The van der Waals surface area contributed by atoms with Crippen LogP contribution in [0.5, 0.6) is 0 Å². The van der Waals surface area contributed by atoms with Crippen molar-refractivity contribution in [3.8, 4) is 0 Å². The number of nitrogens with zero attached hydrogens (tertiary/aromatic N) is 1. The van der Waals surface area contributed by atoms with Crippen molar-refractivity contribution in [1.82, 2.24) is 0 Å². The van der Waals surface area contributed by atoms with Gasteiger partial charge < -0.3 is 15.4 Å². The fraction of sp³-hybridized carbons (Fsp3) is 0.538. The maximum Gasteiger partial charge on any atom is 0.0713 e. The van der Waals surface area contributed by atoms with Gasteiger partial charge in [-0.1, -0.05) is 12.1 Å². The number of anilines is 1. The van der Waals surface area contributed by atoms with Crippen LogP contribution in [-0.4, -0.2) is 26.7 Å². The summed E-state index contributed by atoms with van der Waals surface area (Å²) in [7, 11) is 1.74. The minimum Gasteiger partial charge on any atom is -0.380 e. The normalized spacial score (nSPS) is 14.2. The molecule has 0 atom stereocenters. The number of hydrogen-bond donors (Lipinski definition) is 1. The highest BCUT2D eigenvalue weighted by Gasteiger charge is 2.18. The lowest BCUT2D eigenvalue weighted by Crippen LogP contribution is -2.23. The van der Waals surface area contributed by atoms with Gasteiger partial charge in [0.05, 0.1) is 6.61 Å². The van der Waals surface area contributed by atoms with Crippen molar-refractivity contribution < 1.29 is 4.74 Å². The van der Waals surface area contributed by atoms with Gasteiger partial charge in [0.25, 0.3) is 0 Å². The van der Waals surface area contributed by atoms with Gasteiger partial charge in [0.2, 0.25) is 0 Å².